The SMILES string of the molecule is C=C(Br)CNC(=O)COc1cccc([N+](=O)[O-])c1. The van der Waals surface area contributed by atoms with Gasteiger partial charge >= 0.3 is 0 Å². The van der Waals surface area contributed by atoms with Crippen molar-refractivity contribution in [2.24, 2.45) is 0 Å². The summed E-state index contributed by atoms with van der Waals surface area (Å²) in [5, 5.41) is 13.1. The van der Waals surface area contributed by atoms with Crippen molar-refractivity contribution >= 4 is 27.5 Å². The predicted octanol–water partition coefficient (Wildman–Crippen LogP) is 2.00. The number of non-ortho nitro benzene ring substituents is 1. The zero-order valence-electron chi connectivity index (χ0n) is 9.39. The van der Waals surface area contributed by atoms with E-state index in [1.807, 2.05) is 0 Å². The summed E-state index contributed by atoms with van der Waals surface area (Å²) >= 11 is 3.10. The highest BCUT2D eigenvalue weighted by atomic mass is 79.9. The van der Waals surface area contributed by atoms with Gasteiger partial charge in [-0.05, 0) is 6.07 Å². The van der Waals surface area contributed by atoms with Gasteiger partial charge in [-0.2, -0.15) is 0 Å². The van der Waals surface area contributed by atoms with Crippen LogP contribution in [0.5, 0.6) is 5.75 Å². The molecule has 0 atom stereocenters. The Balaban J connectivity index is 2.48. The fraction of sp³-hybridized carbons (Fsp3) is 0.182. The second-order valence-electron chi connectivity index (χ2n) is 3.34. The summed E-state index contributed by atoms with van der Waals surface area (Å²) in [6, 6.07) is 5.65. The normalized spacial score (nSPS) is 9.61. The van der Waals surface area contributed by atoms with Gasteiger partial charge in [-0.3, -0.25) is 14.9 Å². The number of carbonyl (C=O) groups excluding carboxylic acids is 1. The second kappa shape index (κ2) is 6.75. The quantitative estimate of drug-likeness (QED) is 0.643. The zero-order chi connectivity index (χ0) is 13.5. The molecule has 0 aliphatic heterocycles. The number of hydrogen-bond acceptors (Lipinski definition) is 4. The van der Waals surface area contributed by atoms with Gasteiger partial charge < -0.3 is 10.1 Å². The Bertz CT molecular complexity index is 476. The van der Waals surface area contributed by atoms with Crippen molar-refractivity contribution in [2.75, 3.05) is 13.2 Å². The second-order valence-corrected chi connectivity index (χ2v) is 4.46. The average Bonchev–Trinajstić information content (AvgIpc) is 2.34. The standard InChI is InChI=1S/C11H11BrN2O4/c1-8(12)6-13-11(15)7-18-10-4-2-3-9(5-10)14(16)17/h2-5H,1,6-7H2,(H,13,15). The van der Waals surface area contributed by atoms with E-state index in [4.69, 9.17) is 4.74 Å². The Morgan fingerprint density at radius 1 is 1.56 bits per heavy atom. The molecule has 1 aromatic carbocycles. The first-order chi connectivity index (χ1) is 8.49. The summed E-state index contributed by atoms with van der Waals surface area (Å²) in [5.41, 5.74) is -0.0817. The first-order valence-electron chi connectivity index (χ1n) is 4.96. The van der Waals surface area contributed by atoms with Gasteiger partial charge in [0, 0.05) is 17.1 Å². The first-order valence-corrected chi connectivity index (χ1v) is 5.75. The minimum Gasteiger partial charge on any atom is -0.484 e. The van der Waals surface area contributed by atoms with E-state index in [9.17, 15) is 14.9 Å². The molecule has 0 heterocycles. The van der Waals surface area contributed by atoms with E-state index in [0.29, 0.717) is 11.0 Å². The lowest BCUT2D eigenvalue weighted by Crippen LogP contribution is -2.29. The molecule has 0 spiro atoms. The number of amides is 1. The third-order valence-corrected chi connectivity index (χ3v) is 2.16. The number of hydrogen-bond donors (Lipinski definition) is 1. The predicted molar refractivity (Wildman–Crippen MR) is 69.7 cm³/mol. The molecule has 96 valence electrons. The Hall–Kier alpha value is -1.89. The van der Waals surface area contributed by atoms with E-state index in [2.05, 4.69) is 27.8 Å². The van der Waals surface area contributed by atoms with Crippen molar-refractivity contribution in [3.8, 4) is 5.75 Å². The highest BCUT2D eigenvalue weighted by Crippen LogP contribution is 2.18. The lowest BCUT2D eigenvalue weighted by Gasteiger charge is -2.06. The zero-order valence-corrected chi connectivity index (χ0v) is 11.0. The van der Waals surface area contributed by atoms with Crippen LogP contribution in [-0.2, 0) is 4.79 Å². The third kappa shape index (κ3) is 4.96. The molecule has 1 N–H and O–H groups in total. The number of benzene rings is 1. The van der Waals surface area contributed by atoms with Crippen LogP contribution in [0.15, 0.2) is 35.3 Å². The Kier molecular flexibility index (Phi) is 5.31. The van der Waals surface area contributed by atoms with E-state index < -0.39 is 4.92 Å². The number of carbonyl (C=O) groups is 1. The first kappa shape index (κ1) is 14.2. The number of nitro benzene ring substituents is 1. The van der Waals surface area contributed by atoms with Crippen molar-refractivity contribution in [1.29, 1.82) is 0 Å². The van der Waals surface area contributed by atoms with Crippen LogP contribution in [-0.4, -0.2) is 24.0 Å². The van der Waals surface area contributed by atoms with Crippen molar-refractivity contribution in [1.82, 2.24) is 5.32 Å². The molecule has 0 aliphatic rings. The molecule has 0 saturated heterocycles. The van der Waals surface area contributed by atoms with Crippen LogP contribution in [0, 0.1) is 10.1 Å². The summed E-state index contributed by atoms with van der Waals surface area (Å²) < 4.78 is 5.77. The smallest absolute Gasteiger partial charge is 0.273 e. The summed E-state index contributed by atoms with van der Waals surface area (Å²) in [7, 11) is 0. The van der Waals surface area contributed by atoms with Gasteiger partial charge in [0.1, 0.15) is 5.75 Å². The largest absolute Gasteiger partial charge is 0.484 e. The molecule has 0 saturated carbocycles. The molecule has 0 radical (unpaired) electrons. The van der Waals surface area contributed by atoms with E-state index in [1.54, 1.807) is 6.07 Å². The van der Waals surface area contributed by atoms with Crippen LogP contribution in [0.25, 0.3) is 0 Å². The molecule has 0 aliphatic carbocycles. The highest BCUT2D eigenvalue weighted by molar-refractivity contribution is 9.11. The lowest BCUT2D eigenvalue weighted by atomic mass is 10.3. The number of nitrogens with one attached hydrogen (secondary N) is 1. The molecular weight excluding hydrogens is 304 g/mol. The van der Waals surface area contributed by atoms with Crippen LogP contribution < -0.4 is 10.1 Å². The molecule has 7 heteroatoms. The van der Waals surface area contributed by atoms with Gasteiger partial charge in [0.2, 0.25) is 0 Å². The van der Waals surface area contributed by atoms with Crippen LogP contribution in [0.4, 0.5) is 5.69 Å². The summed E-state index contributed by atoms with van der Waals surface area (Å²) in [6.07, 6.45) is 0. The van der Waals surface area contributed by atoms with Crippen molar-refractivity contribution in [3.63, 3.8) is 0 Å². The monoisotopic (exact) mass is 314 g/mol. The van der Waals surface area contributed by atoms with E-state index in [0.717, 1.165) is 0 Å². The summed E-state index contributed by atoms with van der Waals surface area (Å²) in [4.78, 5) is 21.3. The van der Waals surface area contributed by atoms with Crippen molar-refractivity contribution in [2.45, 2.75) is 0 Å². The van der Waals surface area contributed by atoms with Gasteiger partial charge in [0.05, 0.1) is 11.0 Å². The van der Waals surface area contributed by atoms with Gasteiger partial charge in [0.15, 0.2) is 6.61 Å². The van der Waals surface area contributed by atoms with Crippen molar-refractivity contribution < 1.29 is 14.5 Å². The average molecular weight is 315 g/mol. The molecule has 18 heavy (non-hydrogen) atoms. The van der Waals surface area contributed by atoms with Crippen LogP contribution in [0.1, 0.15) is 0 Å². The van der Waals surface area contributed by atoms with Crippen LogP contribution in [0.3, 0.4) is 0 Å². The number of nitro groups is 1. The Morgan fingerprint density at radius 3 is 2.89 bits per heavy atom. The van der Waals surface area contributed by atoms with Crippen molar-refractivity contribution in [3.05, 3.63) is 45.4 Å². The lowest BCUT2D eigenvalue weighted by molar-refractivity contribution is -0.384. The molecular formula is C11H11BrN2O4. The van der Waals surface area contributed by atoms with E-state index in [-0.39, 0.29) is 24.0 Å². The molecule has 0 bridgehead atoms. The molecule has 1 rings (SSSR count). The Morgan fingerprint density at radius 2 is 2.28 bits per heavy atom. The third-order valence-electron chi connectivity index (χ3n) is 1.88. The summed E-state index contributed by atoms with van der Waals surface area (Å²) in [6.45, 7) is 3.66. The molecule has 0 unspecified atom stereocenters. The number of ether oxygens (including phenoxy) is 1. The van der Waals surface area contributed by atoms with Gasteiger partial charge in [-0.1, -0.05) is 28.6 Å². The van der Waals surface area contributed by atoms with Crippen LogP contribution in [0.2, 0.25) is 0 Å². The van der Waals surface area contributed by atoms with Crippen LogP contribution >= 0.6 is 15.9 Å². The minimum atomic E-state index is -0.526. The number of rotatable bonds is 6. The number of halogens is 1. The van der Waals surface area contributed by atoms with E-state index >= 15 is 0 Å². The van der Waals surface area contributed by atoms with Gasteiger partial charge in [-0.15, -0.1) is 0 Å². The topological polar surface area (TPSA) is 81.5 Å². The Labute approximate surface area is 112 Å². The van der Waals surface area contributed by atoms with Gasteiger partial charge in [-0.25, -0.2) is 0 Å². The highest BCUT2D eigenvalue weighted by Gasteiger charge is 2.07. The molecule has 1 amide bonds. The van der Waals surface area contributed by atoms with Gasteiger partial charge in [0.25, 0.3) is 11.6 Å². The maximum absolute atomic E-state index is 11.3. The maximum Gasteiger partial charge on any atom is 0.273 e. The molecule has 0 aromatic heterocycles. The van der Waals surface area contributed by atoms with E-state index in [1.165, 1.54) is 18.2 Å². The molecule has 6 nitrogen and oxygen atoms in total. The maximum atomic E-state index is 11.3. The fourth-order valence-electron chi connectivity index (χ4n) is 1.08. The fourth-order valence-corrected chi connectivity index (χ4v) is 1.22. The number of nitrogens with zero attached hydrogens (tertiary/aromatic N) is 1. The minimum absolute atomic E-state index is 0.0817. The molecule has 0 fully saturated rings. The summed E-state index contributed by atoms with van der Waals surface area (Å²) in [5.74, 6) is -0.0564. The molecule has 1 aromatic rings.